The quantitative estimate of drug-likeness (QED) is 0.712. The Labute approximate surface area is 150 Å². The number of hydrogen-bond donors (Lipinski definition) is 2. The van der Waals surface area contributed by atoms with Crippen LogP contribution in [-0.4, -0.2) is 15.9 Å². The average Bonchev–Trinajstić information content (AvgIpc) is 2.67. The third-order valence-electron chi connectivity index (χ3n) is 4.38. The molecule has 128 valence electrons. The molecule has 26 heavy (non-hydrogen) atoms. The van der Waals surface area contributed by atoms with Crippen molar-refractivity contribution in [1.29, 1.82) is 0 Å². The summed E-state index contributed by atoms with van der Waals surface area (Å²) >= 11 is 0. The SMILES string of the molecule is NC1=C(C(=O)c2ccccc2)C(c2cccnc2)c2ccc(O)cc2O1. The molecule has 0 fully saturated rings. The van der Waals surface area contributed by atoms with Gasteiger partial charge in [-0.15, -0.1) is 0 Å². The number of phenols is 1. The van der Waals surface area contributed by atoms with Gasteiger partial charge >= 0.3 is 0 Å². The van der Waals surface area contributed by atoms with Crippen LogP contribution in [0.1, 0.15) is 27.4 Å². The summed E-state index contributed by atoms with van der Waals surface area (Å²) < 4.78 is 5.68. The van der Waals surface area contributed by atoms with Gasteiger partial charge in [-0.1, -0.05) is 42.5 Å². The van der Waals surface area contributed by atoms with Crippen molar-refractivity contribution in [3.8, 4) is 11.5 Å². The highest BCUT2D eigenvalue weighted by atomic mass is 16.5. The zero-order chi connectivity index (χ0) is 18.1. The fourth-order valence-electron chi connectivity index (χ4n) is 3.20. The molecule has 2 aromatic carbocycles. The third-order valence-corrected chi connectivity index (χ3v) is 4.38. The van der Waals surface area contributed by atoms with E-state index < -0.39 is 5.92 Å². The van der Waals surface area contributed by atoms with Crippen molar-refractivity contribution in [2.45, 2.75) is 5.92 Å². The molecular formula is C21H16N2O3. The molecule has 1 atom stereocenters. The van der Waals surface area contributed by atoms with Crippen molar-refractivity contribution in [3.63, 3.8) is 0 Å². The molecule has 0 aliphatic carbocycles. The Morgan fingerprint density at radius 1 is 1.08 bits per heavy atom. The Morgan fingerprint density at radius 2 is 1.88 bits per heavy atom. The topological polar surface area (TPSA) is 85.4 Å². The summed E-state index contributed by atoms with van der Waals surface area (Å²) in [5.74, 6) is -0.0949. The monoisotopic (exact) mass is 344 g/mol. The first kappa shape index (κ1) is 15.9. The van der Waals surface area contributed by atoms with E-state index in [1.807, 2.05) is 18.2 Å². The van der Waals surface area contributed by atoms with Crippen molar-refractivity contribution in [2.24, 2.45) is 5.73 Å². The minimum Gasteiger partial charge on any atom is -0.508 e. The lowest BCUT2D eigenvalue weighted by molar-refractivity contribution is 0.102. The molecule has 2 heterocycles. The van der Waals surface area contributed by atoms with Gasteiger partial charge in [-0.25, -0.2) is 0 Å². The van der Waals surface area contributed by atoms with Gasteiger partial charge in [0.25, 0.3) is 0 Å². The maximum absolute atomic E-state index is 13.2. The fraction of sp³-hybridized carbons (Fsp3) is 0.0476. The molecule has 0 amide bonds. The molecule has 4 rings (SSSR count). The lowest BCUT2D eigenvalue weighted by atomic mass is 9.80. The lowest BCUT2D eigenvalue weighted by Gasteiger charge is -2.28. The van der Waals surface area contributed by atoms with E-state index in [-0.39, 0.29) is 17.4 Å². The summed E-state index contributed by atoms with van der Waals surface area (Å²) in [5, 5.41) is 9.77. The fourth-order valence-corrected chi connectivity index (χ4v) is 3.20. The standard InChI is InChI=1S/C21H16N2O3/c22-21-19(20(25)13-5-2-1-3-6-13)18(14-7-4-10-23-12-14)16-9-8-15(24)11-17(16)26-21/h1-12,18,24H,22H2. The van der Waals surface area contributed by atoms with Crippen LogP contribution in [0.4, 0.5) is 0 Å². The van der Waals surface area contributed by atoms with Gasteiger partial charge in [-0.05, 0) is 17.7 Å². The van der Waals surface area contributed by atoms with E-state index in [1.54, 1.807) is 48.8 Å². The number of carbonyl (C=O) groups is 1. The summed E-state index contributed by atoms with van der Waals surface area (Å²) in [6, 6.07) is 17.5. The Bertz CT molecular complexity index is 998. The van der Waals surface area contributed by atoms with E-state index >= 15 is 0 Å². The number of fused-ring (bicyclic) bond motifs is 1. The van der Waals surface area contributed by atoms with E-state index in [0.717, 1.165) is 11.1 Å². The van der Waals surface area contributed by atoms with E-state index in [1.165, 1.54) is 6.07 Å². The molecule has 5 heteroatoms. The largest absolute Gasteiger partial charge is 0.508 e. The molecule has 1 unspecified atom stereocenters. The second-order valence-corrected chi connectivity index (χ2v) is 6.02. The predicted molar refractivity (Wildman–Crippen MR) is 96.8 cm³/mol. The minimum atomic E-state index is -0.430. The molecule has 5 nitrogen and oxygen atoms in total. The van der Waals surface area contributed by atoms with Crippen LogP contribution in [0, 0.1) is 0 Å². The van der Waals surface area contributed by atoms with E-state index in [0.29, 0.717) is 16.9 Å². The summed E-state index contributed by atoms with van der Waals surface area (Å²) in [5.41, 5.74) is 8.62. The van der Waals surface area contributed by atoms with Gasteiger partial charge < -0.3 is 15.6 Å². The summed E-state index contributed by atoms with van der Waals surface area (Å²) in [6.07, 6.45) is 3.38. The number of ether oxygens (including phenoxy) is 1. The van der Waals surface area contributed by atoms with Crippen LogP contribution in [0.5, 0.6) is 11.5 Å². The van der Waals surface area contributed by atoms with Crippen molar-refractivity contribution < 1.29 is 14.6 Å². The highest BCUT2D eigenvalue weighted by Gasteiger charge is 2.35. The number of pyridine rings is 1. The van der Waals surface area contributed by atoms with Crippen molar-refractivity contribution in [1.82, 2.24) is 4.98 Å². The molecule has 0 spiro atoms. The highest BCUT2D eigenvalue weighted by Crippen LogP contribution is 2.44. The Hall–Kier alpha value is -3.60. The van der Waals surface area contributed by atoms with Crippen LogP contribution in [0.15, 0.2) is 84.5 Å². The Kier molecular flexibility index (Phi) is 3.89. The first-order chi connectivity index (χ1) is 12.6. The zero-order valence-electron chi connectivity index (χ0n) is 13.8. The van der Waals surface area contributed by atoms with Gasteiger partial charge in [0.1, 0.15) is 11.5 Å². The molecule has 0 bridgehead atoms. The smallest absolute Gasteiger partial charge is 0.199 e. The third kappa shape index (κ3) is 2.69. The number of allylic oxidation sites excluding steroid dienone is 1. The summed E-state index contributed by atoms with van der Waals surface area (Å²) in [4.78, 5) is 17.4. The molecule has 0 saturated heterocycles. The first-order valence-corrected chi connectivity index (χ1v) is 8.15. The van der Waals surface area contributed by atoms with Crippen molar-refractivity contribution in [2.75, 3.05) is 0 Å². The van der Waals surface area contributed by atoms with E-state index in [9.17, 15) is 9.90 Å². The maximum atomic E-state index is 13.2. The number of aromatic nitrogens is 1. The molecule has 1 aliphatic rings. The van der Waals surface area contributed by atoms with Crippen LogP contribution in [0.25, 0.3) is 0 Å². The van der Waals surface area contributed by atoms with E-state index in [4.69, 9.17) is 10.5 Å². The molecule has 1 aromatic heterocycles. The highest BCUT2D eigenvalue weighted by molar-refractivity contribution is 6.10. The molecule has 0 saturated carbocycles. The molecule has 0 radical (unpaired) electrons. The van der Waals surface area contributed by atoms with Crippen LogP contribution in [-0.2, 0) is 0 Å². The Morgan fingerprint density at radius 3 is 2.62 bits per heavy atom. The number of hydrogen-bond acceptors (Lipinski definition) is 5. The molecule has 3 N–H and O–H groups in total. The number of rotatable bonds is 3. The van der Waals surface area contributed by atoms with Gasteiger partial charge in [-0.3, -0.25) is 9.78 Å². The number of aromatic hydroxyl groups is 1. The van der Waals surface area contributed by atoms with Gasteiger partial charge in [0.2, 0.25) is 0 Å². The van der Waals surface area contributed by atoms with Crippen molar-refractivity contribution in [3.05, 3.63) is 101 Å². The van der Waals surface area contributed by atoms with Crippen LogP contribution in [0.2, 0.25) is 0 Å². The van der Waals surface area contributed by atoms with Crippen LogP contribution in [0.3, 0.4) is 0 Å². The number of nitrogens with zero attached hydrogens (tertiary/aromatic N) is 1. The van der Waals surface area contributed by atoms with Gasteiger partial charge in [-0.2, -0.15) is 0 Å². The van der Waals surface area contributed by atoms with Gasteiger partial charge in [0.15, 0.2) is 11.7 Å². The molecule has 3 aromatic rings. The number of carbonyl (C=O) groups excluding carboxylic acids is 1. The lowest BCUT2D eigenvalue weighted by Crippen LogP contribution is -2.26. The number of Topliss-reactive ketones (excluding diaryl/α,β-unsaturated/α-hetero) is 1. The number of nitrogens with two attached hydrogens (primary N) is 1. The van der Waals surface area contributed by atoms with Crippen molar-refractivity contribution >= 4 is 5.78 Å². The molecule has 1 aliphatic heterocycles. The number of ketones is 1. The average molecular weight is 344 g/mol. The van der Waals surface area contributed by atoms with Gasteiger partial charge in [0.05, 0.1) is 5.57 Å². The van der Waals surface area contributed by atoms with E-state index in [2.05, 4.69) is 4.98 Å². The summed E-state index contributed by atoms with van der Waals surface area (Å²) in [6.45, 7) is 0. The Balaban J connectivity index is 1.91. The van der Waals surface area contributed by atoms with Crippen LogP contribution >= 0.6 is 0 Å². The second-order valence-electron chi connectivity index (χ2n) is 6.02. The maximum Gasteiger partial charge on any atom is 0.199 e. The van der Waals surface area contributed by atoms with Crippen LogP contribution < -0.4 is 10.5 Å². The predicted octanol–water partition coefficient (Wildman–Crippen LogP) is 3.36. The second kappa shape index (κ2) is 6.37. The zero-order valence-corrected chi connectivity index (χ0v) is 13.8. The molecular weight excluding hydrogens is 328 g/mol. The van der Waals surface area contributed by atoms with Gasteiger partial charge in [0, 0.05) is 35.5 Å². The number of phenolic OH excluding ortho intramolecular Hbond substituents is 1. The minimum absolute atomic E-state index is 0.0332. The normalized spacial score (nSPS) is 15.9. The summed E-state index contributed by atoms with van der Waals surface area (Å²) in [7, 11) is 0. The number of benzene rings is 2. The first-order valence-electron chi connectivity index (χ1n) is 8.15.